The van der Waals surface area contributed by atoms with Crippen LogP contribution in [0.1, 0.15) is 45.9 Å². The van der Waals surface area contributed by atoms with Crippen molar-refractivity contribution in [1.82, 2.24) is 14.8 Å². The van der Waals surface area contributed by atoms with Gasteiger partial charge in [-0.2, -0.15) is 0 Å². The summed E-state index contributed by atoms with van der Waals surface area (Å²) in [6.07, 6.45) is 3.24. The van der Waals surface area contributed by atoms with Gasteiger partial charge in [-0.25, -0.2) is 4.98 Å². The molecule has 0 aliphatic carbocycles. The second-order valence-electron chi connectivity index (χ2n) is 6.66. The minimum absolute atomic E-state index is 0.0626. The summed E-state index contributed by atoms with van der Waals surface area (Å²) in [7, 11) is 1.62. The molecule has 2 aromatic heterocycles. The number of halogens is 1. The van der Waals surface area contributed by atoms with E-state index in [-0.39, 0.29) is 30.3 Å². The number of amides is 3. The molecule has 2 aromatic rings. The van der Waals surface area contributed by atoms with Gasteiger partial charge in [0.05, 0.1) is 24.3 Å². The standard InChI is InChI=1S/C18H21ClN4O3S2/c1-10-12(17(26)21-18-20-8-15(19)28-18)7-14(27-10)13-5-4-6-23(13)16(25)9-22(3)11(2)24/h7-8,13H,4-6,9H2,1-3H3,(H,20,21,26). The monoisotopic (exact) mass is 440 g/mol. The molecule has 1 aliphatic rings. The molecule has 1 N–H and O–H groups in total. The van der Waals surface area contributed by atoms with E-state index in [1.54, 1.807) is 7.05 Å². The van der Waals surface area contributed by atoms with Crippen molar-refractivity contribution in [3.63, 3.8) is 0 Å². The van der Waals surface area contributed by atoms with Crippen molar-refractivity contribution in [2.75, 3.05) is 25.5 Å². The number of carbonyl (C=O) groups excluding carboxylic acids is 3. The molecule has 0 aromatic carbocycles. The van der Waals surface area contributed by atoms with Crippen LogP contribution in [0, 0.1) is 6.92 Å². The van der Waals surface area contributed by atoms with Crippen LogP contribution in [-0.2, 0) is 9.59 Å². The molecule has 1 aliphatic heterocycles. The smallest absolute Gasteiger partial charge is 0.258 e. The number of carbonyl (C=O) groups is 3. The van der Waals surface area contributed by atoms with Gasteiger partial charge in [0, 0.05) is 30.3 Å². The van der Waals surface area contributed by atoms with E-state index >= 15 is 0 Å². The number of aromatic nitrogens is 1. The zero-order chi connectivity index (χ0) is 20.4. The van der Waals surface area contributed by atoms with E-state index in [1.807, 2.05) is 17.9 Å². The number of rotatable bonds is 5. The zero-order valence-corrected chi connectivity index (χ0v) is 18.2. The molecule has 1 unspecified atom stereocenters. The van der Waals surface area contributed by atoms with Gasteiger partial charge in [-0.15, -0.1) is 11.3 Å². The molecule has 150 valence electrons. The van der Waals surface area contributed by atoms with Crippen molar-refractivity contribution in [1.29, 1.82) is 0 Å². The lowest BCUT2D eigenvalue weighted by molar-refractivity contribution is -0.138. The van der Waals surface area contributed by atoms with Gasteiger partial charge in [0.2, 0.25) is 11.8 Å². The summed E-state index contributed by atoms with van der Waals surface area (Å²) >= 11 is 8.58. The highest BCUT2D eigenvalue weighted by Gasteiger charge is 2.32. The van der Waals surface area contributed by atoms with Gasteiger partial charge in [0.25, 0.3) is 5.91 Å². The lowest BCUT2D eigenvalue weighted by atomic mass is 10.1. The Morgan fingerprint density at radius 3 is 2.79 bits per heavy atom. The summed E-state index contributed by atoms with van der Waals surface area (Å²) in [5.74, 6) is -0.454. The Balaban J connectivity index is 1.74. The molecule has 3 rings (SSSR count). The molecule has 3 amide bonds. The van der Waals surface area contributed by atoms with Crippen molar-refractivity contribution in [2.24, 2.45) is 0 Å². The molecule has 10 heteroatoms. The first-order chi connectivity index (χ1) is 13.3. The molecule has 3 heterocycles. The maximum Gasteiger partial charge on any atom is 0.258 e. The molecule has 1 atom stereocenters. The van der Waals surface area contributed by atoms with Crippen LogP contribution in [0.4, 0.5) is 5.13 Å². The number of aryl methyl sites for hydroxylation is 1. The lowest BCUT2D eigenvalue weighted by Crippen LogP contribution is -2.40. The number of anilines is 1. The number of likely N-dealkylation sites (N-methyl/N-ethyl adjacent to an activating group) is 1. The molecule has 0 bridgehead atoms. The van der Waals surface area contributed by atoms with E-state index in [1.165, 1.54) is 40.7 Å². The summed E-state index contributed by atoms with van der Waals surface area (Å²) in [4.78, 5) is 45.8. The Morgan fingerprint density at radius 2 is 2.14 bits per heavy atom. The Labute approximate surface area is 176 Å². The third-order valence-electron chi connectivity index (χ3n) is 4.69. The highest BCUT2D eigenvalue weighted by atomic mass is 35.5. The largest absolute Gasteiger partial charge is 0.337 e. The fraction of sp³-hybridized carbons (Fsp3) is 0.444. The van der Waals surface area contributed by atoms with E-state index in [2.05, 4.69) is 10.3 Å². The van der Waals surface area contributed by atoms with E-state index in [0.717, 1.165) is 22.6 Å². The number of nitrogens with zero attached hydrogens (tertiary/aromatic N) is 3. The van der Waals surface area contributed by atoms with Crippen LogP contribution >= 0.6 is 34.3 Å². The minimum Gasteiger partial charge on any atom is -0.337 e. The number of nitrogens with one attached hydrogen (secondary N) is 1. The van der Waals surface area contributed by atoms with Crippen LogP contribution in [0.5, 0.6) is 0 Å². The molecule has 0 radical (unpaired) electrons. The van der Waals surface area contributed by atoms with Crippen LogP contribution in [-0.4, -0.2) is 52.6 Å². The second-order valence-corrected chi connectivity index (χ2v) is 9.61. The van der Waals surface area contributed by atoms with Gasteiger partial charge < -0.3 is 9.80 Å². The normalized spacial score (nSPS) is 16.3. The highest BCUT2D eigenvalue weighted by molar-refractivity contribution is 7.19. The minimum atomic E-state index is -0.238. The highest BCUT2D eigenvalue weighted by Crippen LogP contribution is 2.37. The molecule has 1 fully saturated rings. The number of thiophene rings is 1. The van der Waals surface area contributed by atoms with E-state index in [9.17, 15) is 14.4 Å². The third kappa shape index (κ3) is 4.53. The Hall–Kier alpha value is -1.97. The maximum atomic E-state index is 12.7. The first-order valence-corrected chi connectivity index (χ1v) is 10.8. The number of thiazole rings is 1. The summed E-state index contributed by atoms with van der Waals surface area (Å²) in [6, 6.07) is 1.79. The number of likely N-dealkylation sites (tertiary alicyclic amines) is 1. The number of hydrogen-bond donors (Lipinski definition) is 1. The maximum absolute atomic E-state index is 12.7. The molecular weight excluding hydrogens is 420 g/mol. The Bertz CT molecular complexity index is 911. The van der Waals surface area contributed by atoms with Crippen LogP contribution in [0.2, 0.25) is 4.34 Å². The first kappa shape index (κ1) is 20.8. The predicted molar refractivity (Wildman–Crippen MR) is 111 cm³/mol. The van der Waals surface area contributed by atoms with Crippen molar-refractivity contribution in [3.8, 4) is 0 Å². The summed E-state index contributed by atoms with van der Waals surface area (Å²) in [5, 5.41) is 3.21. The average Bonchev–Trinajstić information content (AvgIpc) is 3.34. The molecule has 7 nitrogen and oxygen atoms in total. The quantitative estimate of drug-likeness (QED) is 0.770. The lowest BCUT2D eigenvalue weighted by Gasteiger charge is -2.26. The van der Waals surface area contributed by atoms with Crippen molar-refractivity contribution in [2.45, 2.75) is 32.7 Å². The van der Waals surface area contributed by atoms with Gasteiger partial charge in [0.15, 0.2) is 5.13 Å². The van der Waals surface area contributed by atoms with Crippen LogP contribution in [0.3, 0.4) is 0 Å². The zero-order valence-electron chi connectivity index (χ0n) is 15.8. The predicted octanol–water partition coefficient (Wildman–Crippen LogP) is 3.56. The van der Waals surface area contributed by atoms with Gasteiger partial charge in [-0.3, -0.25) is 19.7 Å². The average molecular weight is 441 g/mol. The topological polar surface area (TPSA) is 82.6 Å². The summed E-state index contributed by atoms with van der Waals surface area (Å²) < 4.78 is 0.508. The summed E-state index contributed by atoms with van der Waals surface area (Å²) in [5.41, 5.74) is 0.575. The van der Waals surface area contributed by atoms with Crippen LogP contribution in [0.15, 0.2) is 12.3 Å². The first-order valence-electron chi connectivity index (χ1n) is 8.80. The third-order valence-corrected chi connectivity index (χ3v) is 6.87. The van der Waals surface area contributed by atoms with E-state index in [0.29, 0.717) is 21.6 Å². The summed E-state index contributed by atoms with van der Waals surface area (Å²) in [6.45, 7) is 4.06. The van der Waals surface area contributed by atoms with E-state index in [4.69, 9.17) is 11.6 Å². The van der Waals surface area contributed by atoms with Gasteiger partial charge in [-0.1, -0.05) is 22.9 Å². The van der Waals surface area contributed by atoms with Crippen molar-refractivity contribution < 1.29 is 14.4 Å². The Kier molecular flexibility index (Phi) is 6.36. The number of hydrogen-bond acceptors (Lipinski definition) is 6. The second kappa shape index (κ2) is 8.59. The van der Waals surface area contributed by atoms with Crippen molar-refractivity contribution in [3.05, 3.63) is 31.9 Å². The fourth-order valence-corrected chi connectivity index (χ4v) is 5.12. The molecule has 0 saturated carbocycles. The Morgan fingerprint density at radius 1 is 1.39 bits per heavy atom. The van der Waals surface area contributed by atoms with Crippen LogP contribution < -0.4 is 5.32 Å². The van der Waals surface area contributed by atoms with Crippen molar-refractivity contribution >= 4 is 57.1 Å². The van der Waals surface area contributed by atoms with Gasteiger partial charge in [0.1, 0.15) is 4.34 Å². The molecule has 28 heavy (non-hydrogen) atoms. The fourth-order valence-electron chi connectivity index (χ4n) is 3.14. The van der Waals surface area contributed by atoms with Gasteiger partial charge >= 0.3 is 0 Å². The van der Waals surface area contributed by atoms with Gasteiger partial charge in [-0.05, 0) is 25.8 Å². The molecular formula is C18H21ClN4O3S2. The SMILES string of the molecule is CC(=O)N(C)CC(=O)N1CCCC1c1cc(C(=O)Nc2ncc(Cl)s2)c(C)s1. The molecule has 0 spiro atoms. The molecule has 1 saturated heterocycles. The van der Waals surface area contributed by atoms with Crippen LogP contribution in [0.25, 0.3) is 0 Å². The van der Waals surface area contributed by atoms with E-state index < -0.39 is 0 Å².